The molecule has 0 saturated heterocycles. The molecule has 4 nitrogen and oxygen atoms in total. The summed E-state index contributed by atoms with van der Waals surface area (Å²) in [4.78, 5) is 11.8. The van der Waals surface area contributed by atoms with E-state index in [1.54, 1.807) is 6.92 Å². The van der Waals surface area contributed by atoms with Crippen LogP contribution in [-0.2, 0) is 20.5 Å². The van der Waals surface area contributed by atoms with Gasteiger partial charge in [-0.15, -0.1) is 0 Å². The Morgan fingerprint density at radius 1 is 1.12 bits per heavy atom. The summed E-state index contributed by atoms with van der Waals surface area (Å²) < 4.78 is 20.2. The SMILES string of the molecule is C=C(C[C@@H](CCCCCCCC)NS(=O)C(C)(C)C)C(=O)OCC. The molecule has 0 aliphatic carbocycles. The summed E-state index contributed by atoms with van der Waals surface area (Å²) >= 11 is 0. The van der Waals surface area contributed by atoms with Crippen LogP contribution in [0, 0.1) is 0 Å². The maximum absolute atomic E-state index is 12.4. The smallest absolute Gasteiger partial charge is 0.333 e. The van der Waals surface area contributed by atoms with Crippen molar-refractivity contribution in [1.82, 2.24) is 4.72 Å². The van der Waals surface area contributed by atoms with E-state index in [-0.39, 0.29) is 16.8 Å². The van der Waals surface area contributed by atoms with Crippen molar-refractivity contribution in [3.05, 3.63) is 12.2 Å². The van der Waals surface area contributed by atoms with Gasteiger partial charge in [-0.25, -0.2) is 13.7 Å². The van der Waals surface area contributed by atoms with E-state index >= 15 is 0 Å². The Kier molecular flexibility index (Phi) is 12.3. The molecule has 0 fully saturated rings. The van der Waals surface area contributed by atoms with E-state index in [9.17, 15) is 9.00 Å². The van der Waals surface area contributed by atoms with Gasteiger partial charge in [0.15, 0.2) is 0 Å². The van der Waals surface area contributed by atoms with E-state index in [0.29, 0.717) is 18.6 Å². The fraction of sp³-hybridized carbons (Fsp3) is 0.842. The summed E-state index contributed by atoms with van der Waals surface area (Å²) in [6.07, 6.45) is 8.66. The van der Waals surface area contributed by atoms with Gasteiger partial charge in [-0.2, -0.15) is 0 Å². The maximum Gasteiger partial charge on any atom is 0.333 e. The highest BCUT2D eigenvalue weighted by Crippen LogP contribution is 2.17. The average Bonchev–Trinajstić information content (AvgIpc) is 2.49. The van der Waals surface area contributed by atoms with Crippen molar-refractivity contribution in [1.29, 1.82) is 0 Å². The number of hydrogen-bond acceptors (Lipinski definition) is 3. The predicted octanol–water partition coefficient (Wildman–Crippen LogP) is 4.67. The molecule has 0 heterocycles. The lowest BCUT2D eigenvalue weighted by atomic mass is 10.0. The Labute approximate surface area is 151 Å². The van der Waals surface area contributed by atoms with Gasteiger partial charge in [-0.1, -0.05) is 52.0 Å². The molecule has 0 bridgehead atoms. The number of carbonyl (C=O) groups is 1. The van der Waals surface area contributed by atoms with Crippen LogP contribution in [0.4, 0.5) is 0 Å². The van der Waals surface area contributed by atoms with Crippen molar-refractivity contribution in [2.24, 2.45) is 0 Å². The Hall–Kier alpha value is -0.680. The number of nitrogens with one attached hydrogen (secondary N) is 1. The second kappa shape index (κ2) is 12.6. The molecule has 0 aliphatic heterocycles. The third-order valence-electron chi connectivity index (χ3n) is 3.79. The Morgan fingerprint density at radius 3 is 2.25 bits per heavy atom. The largest absolute Gasteiger partial charge is 0.463 e. The number of unbranched alkanes of at least 4 members (excludes halogenated alkanes) is 5. The van der Waals surface area contributed by atoms with Gasteiger partial charge in [0.1, 0.15) is 0 Å². The molecule has 0 aliphatic rings. The van der Waals surface area contributed by atoms with Gasteiger partial charge in [-0.3, -0.25) is 0 Å². The zero-order chi connectivity index (χ0) is 18.6. The molecule has 0 radical (unpaired) electrons. The molecule has 24 heavy (non-hydrogen) atoms. The Bertz CT molecular complexity index is 402. The summed E-state index contributed by atoms with van der Waals surface area (Å²) in [5.41, 5.74) is 0.450. The van der Waals surface area contributed by atoms with Crippen LogP contribution in [0.2, 0.25) is 0 Å². The number of carbonyl (C=O) groups excluding carboxylic acids is 1. The van der Waals surface area contributed by atoms with Crippen molar-refractivity contribution in [2.75, 3.05) is 6.61 Å². The topological polar surface area (TPSA) is 55.4 Å². The van der Waals surface area contributed by atoms with Crippen LogP contribution in [0.1, 0.15) is 86.0 Å². The summed E-state index contributed by atoms with van der Waals surface area (Å²) in [6, 6.07) is -0.00635. The lowest BCUT2D eigenvalue weighted by Crippen LogP contribution is -2.40. The van der Waals surface area contributed by atoms with Crippen LogP contribution < -0.4 is 4.72 Å². The minimum Gasteiger partial charge on any atom is -0.463 e. The molecule has 1 N–H and O–H groups in total. The molecule has 2 atom stereocenters. The highest BCUT2D eigenvalue weighted by Gasteiger charge is 2.24. The zero-order valence-electron chi connectivity index (χ0n) is 16.3. The predicted molar refractivity (Wildman–Crippen MR) is 103 cm³/mol. The first-order valence-electron chi connectivity index (χ1n) is 9.25. The summed E-state index contributed by atoms with van der Waals surface area (Å²) in [5, 5.41) is 0. The highest BCUT2D eigenvalue weighted by atomic mass is 32.2. The minimum absolute atomic E-state index is 0.00635. The van der Waals surface area contributed by atoms with Crippen molar-refractivity contribution in [3.63, 3.8) is 0 Å². The van der Waals surface area contributed by atoms with Crippen LogP contribution in [0.3, 0.4) is 0 Å². The third-order valence-corrected chi connectivity index (χ3v) is 5.45. The van der Waals surface area contributed by atoms with E-state index in [2.05, 4.69) is 18.2 Å². The molecule has 142 valence electrons. The molecule has 0 amide bonds. The maximum atomic E-state index is 12.4. The van der Waals surface area contributed by atoms with Crippen LogP contribution in [0.5, 0.6) is 0 Å². The fourth-order valence-corrected chi connectivity index (χ4v) is 3.17. The van der Waals surface area contributed by atoms with Crippen LogP contribution in [0.15, 0.2) is 12.2 Å². The molecule has 0 aromatic rings. The summed E-state index contributed by atoms with van der Waals surface area (Å²) in [7, 11) is -1.15. The second-order valence-electron chi connectivity index (χ2n) is 7.28. The normalized spacial score (nSPS) is 14.2. The Morgan fingerprint density at radius 2 is 1.71 bits per heavy atom. The van der Waals surface area contributed by atoms with Crippen molar-refractivity contribution in [3.8, 4) is 0 Å². The number of rotatable bonds is 13. The van der Waals surface area contributed by atoms with Gasteiger partial charge in [0, 0.05) is 11.6 Å². The molecule has 5 heteroatoms. The number of ether oxygens (including phenoxy) is 1. The first kappa shape index (κ1) is 23.3. The highest BCUT2D eigenvalue weighted by molar-refractivity contribution is 7.84. The van der Waals surface area contributed by atoms with Crippen LogP contribution in [0.25, 0.3) is 0 Å². The Balaban J connectivity index is 4.51. The number of hydrogen-bond donors (Lipinski definition) is 1. The van der Waals surface area contributed by atoms with Crippen LogP contribution >= 0.6 is 0 Å². The van der Waals surface area contributed by atoms with Crippen molar-refractivity contribution >= 4 is 17.0 Å². The summed E-state index contributed by atoms with van der Waals surface area (Å²) in [5.74, 6) is -0.353. The zero-order valence-corrected chi connectivity index (χ0v) is 17.1. The van der Waals surface area contributed by atoms with E-state index in [0.717, 1.165) is 12.8 Å². The van der Waals surface area contributed by atoms with Crippen LogP contribution in [-0.4, -0.2) is 27.6 Å². The van der Waals surface area contributed by atoms with Gasteiger partial charge in [0.2, 0.25) is 0 Å². The minimum atomic E-state index is -1.15. The lowest BCUT2D eigenvalue weighted by Gasteiger charge is -2.24. The summed E-state index contributed by atoms with van der Waals surface area (Å²) in [6.45, 7) is 14.0. The van der Waals surface area contributed by atoms with Crippen molar-refractivity contribution in [2.45, 2.75) is 96.8 Å². The monoisotopic (exact) mass is 359 g/mol. The third kappa shape index (κ3) is 11.0. The lowest BCUT2D eigenvalue weighted by molar-refractivity contribution is -0.138. The van der Waals surface area contributed by atoms with E-state index in [4.69, 9.17) is 4.74 Å². The van der Waals surface area contributed by atoms with Gasteiger partial charge in [-0.05, 0) is 40.5 Å². The van der Waals surface area contributed by atoms with Gasteiger partial charge < -0.3 is 4.74 Å². The molecule has 0 saturated carbocycles. The molecule has 0 aromatic carbocycles. The molecule has 0 aromatic heterocycles. The second-order valence-corrected chi connectivity index (χ2v) is 9.28. The van der Waals surface area contributed by atoms with Crippen molar-refractivity contribution < 1.29 is 13.7 Å². The van der Waals surface area contributed by atoms with Gasteiger partial charge >= 0.3 is 5.97 Å². The van der Waals surface area contributed by atoms with Gasteiger partial charge in [0.25, 0.3) is 0 Å². The van der Waals surface area contributed by atoms with E-state index in [1.165, 1.54) is 32.1 Å². The standard InChI is InChI=1S/C19H37NO3S/c1-7-9-10-11-12-13-14-17(20-24(22)19(4,5)6)15-16(3)18(21)23-8-2/h17,20H,3,7-15H2,1-2,4-6H3/t17-,24?/m1/s1. The first-order valence-corrected chi connectivity index (χ1v) is 10.4. The molecular formula is C19H37NO3S. The number of esters is 1. The van der Waals surface area contributed by atoms with E-state index < -0.39 is 11.0 Å². The van der Waals surface area contributed by atoms with Gasteiger partial charge in [0.05, 0.1) is 22.3 Å². The first-order chi connectivity index (χ1) is 11.2. The molecule has 0 rings (SSSR count). The average molecular weight is 360 g/mol. The molecule has 0 spiro atoms. The molecule has 1 unspecified atom stereocenters. The van der Waals surface area contributed by atoms with E-state index in [1.807, 2.05) is 20.8 Å². The quantitative estimate of drug-likeness (QED) is 0.295. The fourth-order valence-electron chi connectivity index (χ4n) is 2.32. The molecular weight excluding hydrogens is 322 g/mol.